The van der Waals surface area contributed by atoms with Crippen LogP contribution in [0.2, 0.25) is 0 Å². The molecule has 1 heterocycles. The Morgan fingerprint density at radius 2 is 1.89 bits per heavy atom. The standard InChI is InChI=1S/C16H22N2O/c1-3-4-5-13-6-8-14(9-7-13)16-15(10-11-17)12(2)18-19-16/h6-9H,3-5,10-11,17H2,1-2H3. The number of unbranched alkanes of at least 4 members (excludes halogenated alkanes) is 1. The predicted molar refractivity (Wildman–Crippen MR) is 78.0 cm³/mol. The molecular weight excluding hydrogens is 236 g/mol. The molecule has 0 bridgehead atoms. The molecule has 0 amide bonds. The minimum absolute atomic E-state index is 0.615. The Hall–Kier alpha value is -1.61. The largest absolute Gasteiger partial charge is 0.356 e. The Balaban J connectivity index is 2.22. The van der Waals surface area contributed by atoms with Gasteiger partial charge < -0.3 is 10.3 Å². The fourth-order valence-corrected chi connectivity index (χ4v) is 2.26. The average Bonchev–Trinajstić information content (AvgIpc) is 2.79. The Bertz CT molecular complexity index is 514. The van der Waals surface area contributed by atoms with Gasteiger partial charge in [0.05, 0.1) is 5.69 Å². The highest BCUT2D eigenvalue weighted by Crippen LogP contribution is 2.26. The fraction of sp³-hybridized carbons (Fsp3) is 0.438. The van der Waals surface area contributed by atoms with E-state index in [4.69, 9.17) is 10.3 Å². The van der Waals surface area contributed by atoms with Crippen molar-refractivity contribution in [2.75, 3.05) is 6.54 Å². The van der Waals surface area contributed by atoms with E-state index in [2.05, 4.69) is 36.3 Å². The highest BCUT2D eigenvalue weighted by atomic mass is 16.5. The van der Waals surface area contributed by atoms with Crippen molar-refractivity contribution in [3.63, 3.8) is 0 Å². The average molecular weight is 258 g/mol. The molecule has 102 valence electrons. The molecule has 2 N–H and O–H groups in total. The third-order valence-electron chi connectivity index (χ3n) is 3.41. The van der Waals surface area contributed by atoms with Crippen LogP contribution in [0.1, 0.15) is 36.6 Å². The number of aryl methyl sites for hydroxylation is 2. The maximum atomic E-state index is 5.65. The first-order chi connectivity index (χ1) is 9.26. The van der Waals surface area contributed by atoms with E-state index in [1.165, 1.54) is 18.4 Å². The molecule has 0 aliphatic heterocycles. The summed E-state index contributed by atoms with van der Waals surface area (Å²) < 4.78 is 5.45. The van der Waals surface area contributed by atoms with Crippen LogP contribution in [-0.2, 0) is 12.8 Å². The van der Waals surface area contributed by atoms with E-state index in [-0.39, 0.29) is 0 Å². The normalized spacial score (nSPS) is 10.9. The van der Waals surface area contributed by atoms with Crippen molar-refractivity contribution < 1.29 is 4.52 Å². The highest BCUT2D eigenvalue weighted by molar-refractivity contribution is 5.62. The summed E-state index contributed by atoms with van der Waals surface area (Å²) in [5, 5.41) is 4.05. The third kappa shape index (κ3) is 3.24. The smallest absolute Gasteiger partial charge is 0.170 e. The van der Waals surface area contributed by atoms with Gasteiger partial charge in [0.25, 0.3) is 0 Å². The zero-order chi connectivity index (χ0) is 13.7. The predicted octanol–water partition coefficient (Wildman–Crippen LogP) is 3.49. The topological polar surface area (TPSA) is 52.0 Å². The molecule has 1 aromatic heterocycles. The first-order valence-electron chi connectivity index (χ1n) is 7.00. The van der Waals surface area contributed by atoms with E-state index in [0.717, 1.165) is 35.4 Å². The maximum absolute atomic E-state index is 5.65. The summed E-state index contributed by atoms with van der Waals surface area (Å²) in [7, 11) is 0. The zero-order valence-corrected chi connectivity index (χ0v) is 11.8. The second-order valence-corrected chi connectivity index (χ2v) is 4.91. The zero-order valence-electron chi connectivity index (χ0n) is 11.8. The lowest BCUT2D eigenvalue weighted by atomic mass is 10.0. The van der Waals surface area contributed by atoms with Gasteiger partial charge in [-0.3, -0.25) is 0 Å². The van der Waals surface area contributed by atoms with Crippen molar-refractivity contribution in [1.29, 1.82) is 0 Å². The molecule has 0 spiro atoms. The van der Waals surface area contributed by atoms with Gasteiger partial charge in [-0.15, -0.1) is 0 Å². The molecule has 0 saturated heterocycles. The van der Waals surface area contributed by atoms with Crippen molar-refractivity contribution in [2.24, 2.45) is 5.73 Å². The summed E-state index contributed by atoms with van der Waals surface area (Å²) in [6, 6.07) is 8.58. The number of benzene rings is 1. The Labute approximate surface area is 114 Å². The molecule has 3 nitrogen and oxygen atoms in total. The van der Waals surface area contributed by atoms with Gasteiger partial charge in [0.15, 0.2) is 5.76 Å². The molecule has 0 atom stereocenters. The van der Waals surface area contributed by atoms with Gasteiger partial charge in [0.1, 0.15) is 0 Å². The summed E-state index contributed by atoms with van der Waals surface area (Å²) in [4.78, 5) is 0. The minimum atomic E-state index is 0.615. The molecule has 0 aliphatic rings. The van der Waals surface area contributed by atoms with Crippen LogP contribution in [0.3, 0.4) is 0 Å². The van der Waals surface area contributed by atoms with Crippen molar-refractivity contribution in [2.45, 2.75) is 39.5 Å². The van der Waals surface area contributed by atoms with Crippen LogP contribution >= 0.6 is 0 Å². The summed E-state index contributed by atoms with van der Waals surface area (Å²) in [6.07, 6.45) is 4.41. The summed E-state index contributed by atoms with van der Waals surface area (Å²) in [5.74, 6) is 0.866. The van der Waals surface area contributed by atoms with Crippen LogP contribution in [0.25, 0.3) is 11.3 Å². The third-order valence-corrected chi connectivity index (χ3v) is 3.41. The Morgan fingerprint density at radius 3 is 2.53 bits per heavy atom. The highest BCUT2D eigenvalue weighted by Gasteiger charge is 2.13. The van der Waals surface area contributed by atoms with E-state index < -0.39 is 0 Å². The van der Waals surface area contributed by atoms with Crippen LogP contribution < -0.4 is 5.73 Å². The van der Waals surface area contributed by atoms with Crippen LogP contribution in [0.15, 0.2) is 28.8 Å². The lowest BCUT2D eigenvalue weighted by Crippen LogP contribution is -2.04. The van der Waals surface area contributed by atoms with Crippen molar-refractivity contribution >= 4 is 0 Å². The van der Waals surface area contributed by atoms with E-state index in [9.17, 15) is 0 Å². The number of hydrogen-bond donors (Lipinski definition) is 1. The van der Waals surface area contributed by atoms with Gasteiger partial charge in [-0.1, -0.05) is 42.8 Å². The molecule has 0 fully saturated rings. The molecule has 0 aliphatic carbocycles. The molecular formula is C16H22N2O. The molecule has 0 saturated carbocycles. The fourth-order valence-electron chi connectivity index (χ4n) is 2.26. The molecule has 3 heteroatoms. The minimum Gasteiger partial charge on any atom is -0.356 e. The van der Waals surface area contributed by atoms with Crippen molar-refractivity contribution in [1.82, 2.24) is 5.16 Å². The number of nitrogens with two attached hydrogens (primary N) is 1. The van der Waals surface area contributed by atoms with Gasteiger partial charge in [0, 0.05) is 11.1 Å². The number of nitrogens with zero attached hydrogens (tertiary/aromatic N) is 1. The van der Waals surface area contributed by atoms with E-state index in [1.54, 1.807) is 0 Å². The number of rotatable bonds is 6. The van der Waals surface area contributed by atoms with Crippen LogP contribution in [0, 0.1) is 6.92 Å². The molecule has 2 rings (SSSR count). The first-order valence-corrected chi connectivity index (χ1v) is 7.00. The van der Waals surface area contributed by atoms with Crippen LogP contribution in [0.4, 0.5) is 0 Å². The van der Waals surface area contributed by atoms with Crippen molar-refractivity contribution in [3.05, 3.63) is 41.1 Å². The quantitative estimate of drug-likeness (QED) is 0.862. The summed E-state index contributed by atoms with van der Waals surface area (Å²) in [6.45, 7) is 4.79. The van der Waals surface area contributed by atoms with Crippen molar-refractivity contribution in [3.8, 4) is 11.3 Å². The molecule has 19 heavy (non-hydrogen) atoms. The van der Waals surface area contributed by atoms with E-state index >= 15 is 0 Å². The van der Waals surface area contributed by atoms with Crippen LogP contribution in [-0.4, -0.2) is 11.7 Å². The second-order valence-electron chi connectivity index (χ2n) is 4.91. The van der Waals surface area contributed by atoms with Gasteiger partial charge in [0.2, 0.25) is 0 Å². The van der Waals surface area contributed by atoms with Crippen LogP contribution in [0.5, 0.6) is 0 Å². The Morgan fingerprint density at radius 1 is 1.16 bits per heavy atom. The summed E-state index contributed by atoms with van der Waals surface area (Å²) >= 11 is 0. The Kier molecular flexibility index (Phi) is 4.74. The maximum Gasteiger partial charge on any atom is 0.170 e. The van der Waals surface area contributed by atoms with E-state index in [1.807, 2.05) is 6.92 Å². The molecule has 0 radical (unpaired) electrons. The van der Waals surface area contributed by atoms with Gasteiger partial charge in [-0.2, -0.15) is 0 Å². The monoisotopic (exact) mass is 258 g/mol. The van der Waals surface area contributed by atoms with Gasteiger partial charge in [-0.05, 0) is 38.3 Å². The molecule has 2 aromatic rings. The SMILES string of the molecule is CCCCc1ccc(-c2onc(C)c2CCN)cc1. The number of hydrogen-bond acceptors (Lipinski definition) is 3. The first kappa shape index (κ1) is 13.8. The van der Waals surface area contributed by atoms with Gasteiger partial charge in [-0.25, -0.2) is 0 Å². The second kappa shape index (κ2) is 6.53. The molecule has 0 unspecified atom stereocenters. The van der Waals surface area contributed by atoms with Gasteiger partial charge >= 0.3 is 0 Å². The summed E-state index contributed by atoms with van der Waals surface area (Å²) in [5.41, 5.74) is 10.2. The lowest BCUT2D eigenvalue weighted by molar-refractivity contribution is 0.426. The lowest BCUT2D eigenvalue weighted by Gasteiger charge is -2.03. The van der Waals surface area contributed by atoms with E-state index in [0.29, 0.717) is 6.54 Å². The number of aromatic nitrogens is 1. The molecule has 1 aromatic carbocycles.